The average Bonchev–Trinajstić information content (AvgIpc) is 3.60. The van der Waals surface area contributed by atoms with Crippen LogP contribution in [0.5, 0.6) is 0 Å². The molecule has 3 fully saturated rings. The summed E-state index contributed by atoms with van der Waals surface area (Å²) in [4.78, 5) is 21.8. The topological polar surface area (TPSA) is 108 Å². The molecule has 3 aliphatic rings. The van der Waals surface area contributed by atoms with Crippen molar-refractivity contribution in [3.8, 4) is 0 Å². The fourth-order valence-electron chi connectivity index (χ4n) is 9.27. The second-order valence-corrected chi connectivity index (χ2v) is 21.2. The lowest BCUT2D eigenvalue weighted by Gasteiger charge is -2.50. The van der Waals surface area contributed by atoms with E-state index in [-0.39, 0.29) is 28.5 Å². The van der Waals surface area contributed by atoms with Crippen LogP contribution < -0.4 is 16.1 Å². The van der Waals surface area contributed by atoms with Crippen LogP contribution in [0.25, 0.3) is 10.8 Å². The Bertz CT molecular complexity index is 2090. The third kappa shape index (κ3) is 6.03. The predicted octanol–water partition coefficient (Wildman–Crippen LogP) is 5.84. The molecule has 1 amide bonds. The molecule has 276 valence electrons. The number of hydrogen-bond donors (Lipinski definition) is 1. The van der Waals surface area contributed by atoms with Gasteiger partial charge in [0, 0.05) is 29.6 Å². The van der Waals surface area contributed by atoms with E-state index >= 15 is 0 Å². The molecule has 53 heavy (non-hydrogen) atoms. The Hall–Kier alpha value is -3.93. The van der Waals surface area contributed by atoms with Crippen LogP contribution >= 0.6 is 11.6 Å². The summed E-state index contributed by atoms with van der Waals surface area (Å²) in [6.07, 6.45) is 5.93. The molecule has 5 aromatic rings. The molecule has 2 N–H and O–H groups in total. The highest BCUT2D eigenvalue weighted by Crippen LogP contribution is 2.59. The van der Waals surface area contributed by atoms with E-state index in [1.165, 1.54) is 15.2 Å². The zero-order chi connectivity index (χ0) is 37.2. The van der Waals surface area contributed by atoms with Crippen molar-refractivity contribution < 1.29 is 14.0 Å². The van der Waals surface area contributed by atoms with Gasteiger partial charge in [-0.25, -0.2) is 0 Å². The fraction of sp³-hybridized carbons (Fsp3) is 0.429. The summed E-state index contributed by atoms with van der Waals surface area (Å²) in [6, 6.07) is 28.0. The van der Waals surface area contributed by atoms with Crippen LogP contribution in [0.15, 0.2) is 91.3 Å². The number of amides is 1. The number of aromatic nitrogens is 4. The van der Waals surface area contributed by atoms with Crippen molar-refractivity contribution in [2.75, 3.05) is 26.3 Å². The van der Waals surface area contributed by atoms with E-state index in [1.54, 1.807) is 13.2 Å². The Morgan fingerprint density at radius 1 is 0.981 bits per heavy atom. The van der Waals surface area contributed by atoms with E-state index in [9.17, 15) is 4.79 Å². The van der Waals surface area contributed by atoms with Gasteiger partial charge in [0.2, 0.25) is 5.91 Å². The van der Waals surface area contributed by atoms with E-state index in [4.69, 9.17) is 31.5 Å². The van der Waals surface area contributed by atoms with Gasteiger partial charge in [-0.15, -0.1) is 0 Å². The Labute approximate surface area is 318 Å². The third-order valence-electron chi connectivity index (χ3n) is 12.4. The number of ether oxygens (including phenoxy) is 1. The van der Waals surface area contributed by atoms with E-state index in [1.807, 2.05) is 18.3 Å². The highest BCUT2D eigenvalue weighted by molar-refractivity contribution is 6.99. The quantitative estimate of drug-likeness (QED) is 0.189. The number of piperidine rings is 1. The van der Waals surface area contributed by atoms with Gasteiger partial charge < -0.3 is 14.9 Å². The molecule has 4 atom stereocenters. The number of benzene rings is 3. The number of nitrogens with two attached hydrogens (primary N) is 1. The Kier molecular flexibility index (Phi) is 9.13. The minimum atomic E-state index is -2.78. The Morgan fingerprint density at radius 2 is 1.64 bits per heavy atom. The van der Waals surface area contributed by atoms with Gasteiger partial charge in [0.15, 0.2) is 0 Å². The van der Waals surface area contributed by atoms with Crippen molar-refractivity contribution in [2.45, 2.75) is 80.9 Å². The molecule has 1 saturated carbocycles. The highest BCUT2D eigenvalue weighted by Gasteiger charge is 2.63. The first-order valence-corrected chi connectivity index (χ1v) is 21.0. The van der Waals surface area contributed by atoms with Gasteiger partial charge in [-0.2, -0.15) is 15.0 Å². The molecule has 11 heteroatoms. The van der Waals surface area contributed by atoms with Crippen molar-refractivity contribution >= 4 is 47.0 Å². The second-order valence-electron chi connectivity index (χ2n) is 16.5. The van der Waals surface area contributed by atoms with Crippen LogP contribution in [0.4, 0.5) is 0 Å². The lowest BCUT2D eigenvalue weighted by Crippen LogP contribution is -2.70. The zero-order valence-corrected chi connectivity index (χ0v) is 33.0. The molecule has 3 aromatic carbocycles. The molecule has 0 spiro atoms. The van der Waals surface area contributed by atoms with Gasteiger partial charge in [0.1, 0.15) is 5.41 Å². The van der Waals surface area contributed by atoms with E-state index in [0.717, 1.165) is 53.0 Å². The third-order valence-corrected chi connectivity index (χ3v) is 17.8. The minimum Gasteiger partial charge on any atom is -0.400 e. The van der Waals surface area contributed by atoms with Crippen molar-refractivity contribution in [1.29, 1.82) is 0 Å². The molecule has 4 heterocycles. The molecular weight excluding hydrogens is 700 g/mol. The predicted molar refractivity (Wildman–Crippen MR) is 211 cm³/mol. The molecule has 2 aromatic heterocycles. The zero-order valence-electron chi connectivity index (χ0n) is 31.3. The first kappa shape index (κ1) is 36.1. The lowest BCUT2D eigenvalue weighted by atomic mass is 9.85. The van der Waals surface area contributed by atoms with E-state index < -0.39 is 13.7 Å². The molecule has 1 aliphatic carbocycles. The number of nitrogens with zero attached hydrogens (tertiary/aromatic N) is 5. The molecule has 2 saturated heterocycles. The number of hydrogen-bond acceptors (Lipinski definition) is 7. The summed E-state index contributed by atoms with van der Waals surface area (Å²) in [5, 5.41) is 13.8. The van der Waals surface area contributed by atoms with Crippen LogP contribution in [-0.2, 0) is 26.4 Å². The molecule has 2 aliphatic heterocycles. The maximum Gasteiger partial charge on any atom is 0.261 e. The van der Waals surface area contributed by atoms with Crippen LogP contribution in [0.2, 0.25) is 10.1 Å². The summed E-state index contributed by atoms with van der Waals surface area (Å²) >= 11 is 7.01. The summed E-state index contributed by atoms with van der Waals surface area (Å²) in [5.41, 5.74) is 7.45. The van der Waals surface area contributed by atoms with E-state index in [2.05, 4.69) is 110 Å². The minimum absolute atomic E-state index is 0.0915. The Balaban J connectivity index is 1.04. The monoisotopic (exact) mass is 748 g/mol. The summed E-state index contributed by atoms with van der Waals surface area (Å²) in [6.45, 7) is 12.3. The second kappa shape index (κ2) is 13.4. The summed E-state index contributed by atoms with van der Waals surface area (Å²) in [7, 11) is -1.01. The Morgan fingerprint density at radius 3 is 2.23 bits per heavy atom. The molecule has 0 radical (unpaired) electrons. The summed E-state index contributed by atoms with van der Waals surface area (Å²) < 4.78 is 14.0. The standard InChI is InChI=1S/C42H49ClN6O3Si/c1-40(2,3)53(31-12-8-6-9-13-31,32-14-10-7-11-15-32)52-38-26-51-27-41(38,4)49-18-16-28(17-19-49)33-20-29-22-37(45-24-30(29)21-35(33)43)42(39(44)50)23-34(42)36-25-46-48(5)47-36/h6-15,20-22,24-25,28,34,38H,16-19,23,26-27H2,1-5H3,(H2,44,50). The smallest absolute Gasteiger partial charge is 0.261 e. The van der Waals surface area contributed by atoms with Crippen LogP contribution in [0, 0.1) is 0 Å². The van der Waals surface area contributed by atoms with E-state index in [0.29, 0.717) is 31.2 Å². The van der Waals surface area contributed by atoms with Gasteiger partial charge in [-0.05, 0) is 89.8 Å². The average molecular weight is 749 g/mol. The first-order valence-electron chi connectivity index (χ1n) is 18.7. The number of aryl methyl sites for hydroxylation is 1. The number of fused-ring (bicyclic) bond motifs is 1. The van der Waals surface area contributed by atoms with Gasteiger partial charge in [0.25, 0.3) is 8.32 Å². The highest BCUT2D eigenvalue weighted by atomic mass is 35.5. The first-order chi connectivity index (χ1) is 25.4. The van der Waals surface area contributed by atoms with Crippen molar-refractivity contribution in [2.24, 2.45) is 12.8 Å². The molecule has 8 rings (SSSR count). The maximum absolute atomic E-state index is 12.9. The lowest BCUT2D eigenvalue weighted by molar-refractivity contribution is -0.120. The summed E-state index contributed by atoms with van der Waals surface area (Å²) in [5.74, 6) is -0.233. The van der Waals surface area contributed by atoms with Gasteiger partial charge in [-0.1, -0.05) is 93.0 Å². The van der Waals surface area contributed by atoms with Crippen LogP contribution in [-0.4, -0.2) is 77.0 Å². The van der Waals surface area contributed by atoms with Crippen LogP contribution in [0.3, 0.4) is 0 Å². The number of likely N-dealkylation sites (tertiary alicyclic amines) is 1. The molecule has 4 unspecified atom stereocenters. The van der Waals surface area contributed by atoms with Gasteiger partial charge in [0.05, 0.1) is 42.4 Å². The SMILES string of the molecule is Cn1ncc(C2CC2(C(N)=O)c2cc3cc(C4CCN(C5(C)COCC5O[Si](c5ccccc5)(c5ccccc5)C(C)(C)C)CC4)c(Cl)cc3cn2)n1. The fourth-order valence-corrected chi connectivity index (χ4v) is 14.4. The number of pyridine rings is 1. The number of primary amides is 1. The number of rotatable bonds is 9. The maximum atomic E-state index is 12.9. The number of carbonyl (C=O) groups is 1. The van der Waals surface area contributed by atoms with Gasteiger partial charge >= 0.3 is 0 Å². The van der Waals surface area contributed by atoms with Crippen molar-refractivity contribution in [3.63, 3.8) is 0 Å². The molecule has 9 nitrogen and oxygen atoms in total. The molecule has 0 bridgehead atoms. The van der Waals surface area contributed by atoms with Crippen molar-refractivity contribution in [3.05, 3.63) is 113 Å². The largest absolute Gasteiger partial charge is 0.400 e. The normalized spacial score (nSPS) is 25.5. The van der Waals surface area contributed by atoms with Gasteiger partial charge in [-0.3, -0.25) is 14.7 Å². The van der Waals surface area contributed by atoms with Crippen LogP contribution in [0.1, 0.15) is 75.7 Å². The number of carbonyl (C=O) groups excluding carboxylic acids is 1. The van der Waals surface area contributed by atoms with Crippen molar-refractivity contribution in [1.82, 2.24) is 24.9 Å². The number of halogens is 1. The molecular formula is C42H49ClN6O3Si.